The van der Waals surface area contributed by atoms with Crippen molar-refractivity contribution in [3.05, 3.63) is 111 Å². The Hall–Kier alpha value is -2.80. The Kier molecular flexibility index (Phi) is 23.7. The number of aliphatic carboxylic acids is 1. The number of carboxylic acid groups (broad SMARTS) is 1. The number of carbonyl (C=O) groups is 3. The van der Waals surface area contributed by atoms with E-state index in [2.05, 4.69) is 32.3 Å². The Labute approximate surface area is 489 Å². The number of nitrogens with one attached hydrogen (secondary N) is 6. The van der Waals surface area contributed by atoms with E-state index in [1.165, 1.54) is 36.4 Å². The number of amides is 4. The van der Waals surface area contributed by atoms with Gasteiger partial charge in [-0.1, -0.05) is 53.7 Å². The molecule has 7 N–H and O–H groups in total. The van der Waals surface area contributed by atoms with Crippen molar-refractivity contribution in [3.8, 4) is 22.5 Å². The van der Waals surface area contributed by atoms with Crippen LogP contribution >= 0.6 is 0 Å². The first kappa shape index (κ1) is 62.3. The summed E-state index contributed by atoms with van der Waals surface area (Å²) in [7, 11) is -10.1. The number of benzene rings is 5. The molecule has 1 aliphatic heterocycles. The van der Waals surface area contributed by atoms with Crippen LogP contribution < -0.4 is 155 Å². The summed E-state index contributed by atoms with van der Waals surface area (Å²) in [5, 5.41) is 22.2. The quantitative estimate of drug-likeness (QED) is 0.0185. The van der Waals surface area contributed by atoms with Gasteiger partial charge < -0.3 is 45.9 Å². The third-order valence-corrected chi connectivity index (χ3v) is 12.8. The largest absolute Gasteiger partial charge is 1.00 e. The minimum absolute atomic E-state index is 0. The average molecular weight is 1020 g/mol. The Morgan fingerprint density at radius 2 is 1.36 bits per heavy atom. The number of fused-ring (bicyclic) bond motifs is 2. The molecule has 0 unspecified atom stereocenters. The molecule has 4 aromatic carbocycles. The molecule has 0 bridgehead atoms. The third kappa shape index (κ3) is 15.1. The van der Waals surface area contributed by atoms with Crippen molar-refractivity contribution in [1.29, 1.82) is 0 Å². The molecule has 17 nitrogen and oxygen atoms in total. The van der Waals surface area contributed by atoms with Gasteiger partial charge in [-0.3, -0.25) is 9.35 Å². The monoisotopic (exact) mass is 1020 g/mol. The van der Waals surface area contributed by atoms with Crippen molar-refractivity contribution in [2.24, 2.45) is 0 Å². The second-order valence-corrected chi connectivity index (χ2v) is 18.5. The Morgan fingerprint density at radius 3 is 1.99 bits per heavy atom. The minimum Gasteiger partial charge on any atom is -0.744 e. The van der Waals surface area contributed by atoms with Crippen LogP contribution in [0, 0.1) is 47.6 Å². The molecule has 0 radical (unpaired) electrons. The molecule has 342 valence electrons. The topological polar surface area (TPSA) is 285 Å². The second-order valence-electron chi connectivity index (χ2n) is 15.8. The normalized spacial score (nSPS) is 11.4. The molecule has 0 fully saturated rings. The number of unbranched alkanes of at least 4 members (excludes halogenated alkanes) is 3. The van der Waals surface area contributed by atoms with Crippen LogP contribution in [0.4, 0.5) is 38.0 Å². The zero-order valence-corrected chi connectivity index (χ0v) is 50.0. The number of aryl methyl sites for hydroxylation is 4. The van der Waals surface area contributed by atoms with E-state index in [9.17, 15) is 45.4 Å². The fourth-order valence-electron chi connectivity index (χ4n) is 8.05. The van der Waals surface area contributed by atoms with E-state index < -0.39 is 48.1 Å². The molecule has 1 aliphatic carbocycles. The van der Waals surface area contributed by atoms with Crippen molar-refractivity contribution in [2.75, 3.05) is 22.5 Å². The summed E-state index contributed by atoms with van der Waals surface area (Å²) in [6.07, 6.45) is 2.45. The van der Waals surface area contributed by atoms with Gasteiger partial charge in [0.25, 0.3) is 10.1 Å². The third-order valence-electron chi connectivity index (χ3n) is 11.0. The summed E-state index contributed by atoms with van der Waals surface area (Å²) in [4.78, 5) is 37.3. The van der Waals surface area contributed by atoms with E-state index in [-0.39, 0.29) is 163 Å². The molecule has 0 aromatic heterocycles. The smallest absolute Gasteiger partial charge is 0.744 e. The predicted octanol–water partition coefficient (Wildman–Crippen LogP) is -5.52. The van der Waals surface area contributed by atoms with Crippen molar-refractivity contribution >= 4 is 77.7 Å². The maximum atomic E-state index is 13.1. The molecule has 0 spiro atoms. The maximum Gasteiger partial charge on any atom is 1.00 e. The fourth-order valence-corrected chi connectivity index (χ4v) is 9.39. The van der Waals surface area contributed by atoms with Gasteiger partial charge in [-0.15, -0.1) is 6.07 Å². The van der Waals surface area contributed by atoms with Gasteiger partial charge in [0, 0.05) is 40.5 Å². The van der Waals surface area contributed by atoms with Crippen molar-refractivity contribution in [1.82, 2.24) is 5.32 Å². The average Bonchev–Trinajstić information content (AvgIpc) is 3.21. The number of carboxylic acids is 1. The summed E-state index contributed by atoms with van der Waals surface area (Å²) in [6.45, 7) is 11.0. The molecule has 6 rings (SSSR count). The van der Waals surface area contributed by atoms with Gasteiger partial charge in [0.15, 0.2) is 6.03 Å². The van der Waals surface area contributed by atoms with E-state index >= 15 is 0 Å². The van der Waals surface area contributed by atoms with Gasteiger partial charge in [0.05, 0.1) is 11.8 Å². The van der Waals surface area contributed by atoms with Crippen LogP contribution in [0.2, 0.25) is 0 Å². The molecule has 4 aromatic rings. The summed E-state index contributed by atoms with van der Waals surface area (Å²) < 4.78 is 81.9. The van der Waals surface area contributed by atoms with Crippen LogP contribution in [0.3, 0.4) is 0 Å². The Bertz CT molecular complexity index is 3190. The predicted molar refractivity (Wildman–Crippen MR) is 242 cm³/mol. The number of hydrogen-bond donors (Lipinski definition) is 6. The summed E-state index contributed by atoms with van der Waals surface area (Å²) >= 11 is 0. The van der Waals surface area contributed by atoms with Crippen molar-refractivity contribution < 1.29 is 173 Å². The van der Waals surface area contributed by atoms with Crippen molar-refractivity contribution in [3.63, 3.8) is 0 Å². The first-order valence-electron chi connectivity index (χ1n) is 20.4. The molecule has 0 saturated heterocycles. The molecule has 23 heteroatoms. The molecule has 0 saturated carbocycles. The molecule has 0 atom stereocenters. The van der Waals surface area contributed by atoms with Gasteiger partial charge in [-0.05, 0) is 113 Å². The van der Waals surface area contributed by atoms with Gasteiger partial charge in [0.2, 0.25) is 11.0 Å². The first-order chi connectivity index (χ1) is 30.5. The zero-order valence-electron chi connectivity index (χ0n) is 40.4. The van der Waals surface area contributed by atoms with Gasteiger partial charge in [0.1, 0.15) is 25.7 Å². The summed E-state index contributed by atoms with van der Waals surface area (Å²) in [5.74, 6) is -1.10. The van der Waals surface area contributed by atoms with E-state index in [4.69, 9.17) is 10.2 Å². The number of carbonyl (C=O) groups excluding carboxylic acids is 3. The number of urea groups is 2. The minimum atomic E-state index is -5.28. The van der Waals surface area contributed by atoms with Crippen LogP contribution in [0.5, 0.6) is 0 Å². The van der Waals surface area contributed by atoms with Crippen LogP contribution in [0.1, 0.15) is 65.5 Å². The van der Waals surface area contributed by atoms with Crippen LogP contribution in [-0.4, -0.2) is 50.5 Å². The number of rotatable bonds is 15. The van der Waals surface area contributed by atoms with Gasteiger partial charge in [-0.2, -0.15) is 20.6 Å². The second kappa shape index (κ2) is 26.2. The van der Waals surface area contributed by atoms with Crippen LogP contribution in [0.15, 0.2) is 74.9 Å². The molecule has 1 heterocycles. The SMILES string of the molecule is Cc1cc(C)c(Nc2[c-]cc3c(-c4ccccc4S(=O)(=O)O)c4cc(S(=O)(=O)[O-])c(=[NH+]c5c(C)cc(C)c(NC(=O)NCCCCCCC(=O)[O-])c5C)cc-4oc3c2)c(C)c1NC([NH-])=O.[Na+].[Na+].[Na+].[Na+]. The molecular weight excluding hydrogens is 969 g/mol. The standard InChI is InChI=1S/C46H49N6O11S2.4Na/c1-24-19-26(3)43(51-45(47)55)28(5)41(24)49-30-16-17-31-35(21-30)63-36-23-34(38(65(60,61)62)22-33(36)40(31)32-13-10-11-14-37(32)64(57,58)59)50-42-25(2)20-27(4)44(29(42)6)52-46(56)48-18-12-8-7-9-15-39(53)54;;;;/h10-11,13-14,17,19-23H,7-9,12,15,18H2,1-6H3,(H9,47,48,49,50,51,52,53,54,55,56,57,58,59,60,61,62);;;;/q-1;4*+1/p-2. The van der Waals surface area contributed by atoms with Crippen molar-refractivity contribution in [2.45, 2.75) is 83.4 Å². The molecule has 4 amide bonds. The molecule has 2 aliphatic rings. The zero-order chi connectivity index (χ0) is 47.5. The van der Waals surface area contributed by atoms with Crippen LogP contribution in [0.25, 0.3) is 39.2 Å². The van der Waals surface area contributed by atoms with Gasteiger partial charge >= 0.3 is 124 Å². The van der Waals surface area contributed by atoms with E-state index in [1.807, 2.05) is 13.0 Å². The fraction of sp³-hybridized carbons (Fsp3) is 0.261. The number of anilines is 4. The summed E-state index contributed by atoms with van der Waals surface area (Å²) in [5.41, 5.74) is 13.9. The van der Waals surface area contributed by atoms with E-state index in [1.54, 1.807) is 46.8 Å². The van der Waals surface area contributed by atoms with Gasteiger partial charge in [-0.25, -0.2) is 18.2 Å². The van der Waals surface area contributed by atoms with Crippen LogP contribution in [-0.2, 0) is 25.0 Å². The summed E-state index contributed by atoms with van der Waals surface area (Å²) in [6, 6.07) is 16.2. The first-order valence-corrected chi connectivity index (χ1v) is 23.2. The van der Waals surface area contributed by atoms with E-state index in [0.29, 0.717) is 82.9 Å². The number of hydrogen-bond acceptors (Lipinski definition) is 11. The Morgan fingerprint density at radius 1 is 0.754 bits per heavy atom. The van der Waals surface area contributed by atoms with E-state index in [0.717, 1.165) is 17.2 Å². The Balaban J connectivity index is 0.00000408. The maximum absolute atomic E-state index is 13.1. The molecular formula is C46H47N6Na4O11S2+. The molecule has 69 heavy (non-hydrogen) atoms.